The van der Waals surface area contributed by atoms with Crippen molar-refractivity contribution in [1.82, 2.24) is 5.32 Å². The van der Waals surface area contributed by atoms with Crippen LogP contribution in [-0.2, 0) is 6.42 Å². The first kappa shape index (κ1) is 15.4. The summed E-state index contributed by atoms with van der Waals surface area (Å²) < 4.78 is 12.8. The number of thioether (sulfide) groups is 1. The standard InChI is InChI=1S/C16H17ClFNS/c1-19-15(10-12-2-4-13(17)5-3-12)11-20-16-8-6-14(18)7-9-16/h2-9,15,19H,10-11H2,1H3. The summed E-state index contributed by atoms with van der Waals surface area (Å²) in [4.78, 5) is 1.09. The van der Waals surface area contributed by atoms with E-state index < -0.39 is 0 Å². The molecule has 0 saturated heterocycles. The van der Waals surface area contributed by atoms with Crippen LogP contribution in [0.5, 0.6) is 0 Å². The quantitative estimate of drug-likeness (QED) is 0.794. The molecular formula is C16H17ClFNS. The van der Waals surface area contributed by atoms with E-state index in [-0.39, 0.29) is 5.82 Å². The van der Waals surface area contributed by atoms with Crippen LogP contribution in [0.25, 0.3) is 0 Å². The lowest BCUT2D eigenvalue weighted by atomic mass is 10.1. The summed E-state index contributed by atoms with van der Waals surface area (Å²) in [5.74, 6) is 0.741. The summed E-state index contributed by atoms with van der Waals surface area (Å²) in [7, 11) is 1.96. The summed E-state index contributed by atoms with van der Waals surface area (Å²) in [6.07, 6.45) is 0.946. The molecule has 1 N–H and O–H groups in total. The summed E-state index contributed by atoms with van der Waals surface area (Å²) >= 11 is 7.61. The molecule has 2 rings (SSSR count). The molecule has 0 spiro atoms. The molecule has 0 bridgehead atoms. The third-order valence-electron chi connectivity index (χ3n) is 3.07. The van der Waals surface area contributed by atoms with E-state index in [1.807, 2.05) is 31.3 Å². The van der Waals surface area contributed by atoms with Crippen molar-refractivity contribution in [2.45, 2.75) is 17.4 Å². The van der Waals surface area contributed by atoms with Crippen molar-refractivity contribution >= 4 is 23.4 Å². The molecule has 0 heterocycles. The van der Waals surface area contributed by atoms with E-state index in [4.69, 9.17) is 11.6 Å². The second-order valence-corrected chi connectivity index (χ2v) is 6.11. The summed E-state index contributed by atoms with van der Waals surface area (Å²) in [6, 6.07) is 14.9. The van der Waals surface area contributed by atoms with E-state index in [2.05, 4.69) is 17.4 Å². The Morgan fingerprint density at radius 1 is 1.10 bits per heavy atom. The second kappa shape index (κ2) is 7.67. The van der Waals surface area contributed by atoms with Crippen molar-refractivity contribution in [3.05, 3.63) is 64.9 Å². The normalized spacial score (nSPS) is 12.3. The van der Waals surface area contributed by atoms with Crippen LogP contribution in [0.2, 0.25) is 5.02 Å². The van der Waals surface area contributed by atoms with Crippen molar-refractivity contribution in [2.75, 3.05) is 12.8 Å². The Labute approximate surface area is 128 Å². The molecule has 0 aliphatic rings. The Hall–Kier alpha value is -1.03. The van der Waals surface area contributed by atoms with E-state index in [0.29, 0.717) is 6.04 Å². The zero-order valence-electron chi connectivity index (χ0n) is 11.3. The second-order valence-electron chi connectivity index (χ2n) is 4.58. The lowest BCUT2D eigenvalue weighted by Crippen LogP contribution is -2.30. The van der Waals surface area contributed by atoms with Crippen LogP contribution in [0.15, 0.2) is 53.4 Å². The zero-order valence-corrected chi connectivity index (χ0v) is 12.8. The molecule has 1 nitrogen and oxygen atoms in total. The number of benzene rings is 2. The van der Waals surface area contributed by atoms with Crippen LogP contribution in [0.4, 0.5) is 4.39 Å². The predicted octanol–water partition coefficient (Wildman–Crippen LogP) is 4.40. The van der Waals surface area contributed by atoms with Crippen LogP contribution >= 0.6 is 23.4 Å². The van der Waals surface area contributed by atoms with Gasteiger partial charge in [-0.3, -0.25) is 0 Å². The fourth-order valence-electron chi connectivity index (χ4n) is 1.88. The first-order valence-corrected chi connectivity index (χ1v) is 7.84. The molecule has 0 aliphatic heterocycles. The maximum atomic E-state index is 12.8. The minimum atomic E-state index is -0.194. The van der Waals surface area contributed by atoms with Gasteiger partial charge in [-0.15, -0.1) is 11.8 Å². The van der Waals surface area contributed by atoms with Crippen LogP contribution in [0.1, 0.15) is 5.56 Å². The number of halogens is 2. The first-order chi connectivity index (χ1) is 9.67. The predicted molar refractivity (Wildman–Crippen MR) is 85.1 cm³/mol. The van der Waals surface area contributed by atoms with Crippen molar-refractivity contribution in [2.24, 2.45) is 0 Å². The monoisotopic (exact) mass is 309 g/mol. The van der Waals surface area contributed by atoms with Crippen LogP contribution in [-0.4, -0.2) is 18.8 Å². The molecule has 0 aromatic heterocycles. The molecule has 2 aromatic carbocycles. The SMILES string of the molecule is CNC(CSc1ccc(F)cc1)Cc1ccc(Cl)cc1. The maximum Gasteiger partial charge on any atom is 0.123 e. The van der Waals surface area contributed by atoms with E-state index in [0.717, 1.165) is 22.1 Å². The van der Waals surface area contributed by atoms with Crippen LogP contribution in [0.3, 0.4) is 0 Å². The molecular weight excluding hydrogens is 293 g/mol. The Kier molecular flexibility index (Phi) is 5.89. The van der Waals surface area contributed by atoms with Gasteiger partial charge in [0.1, 0.15) is 5.82 Å². The van der Waals surface area contributed by atoms with Gasteiger partial charge in [0.25, 0.3) is 0 Å². The van der Waals surface area contributed by atoms with Crippen molar-refractivity contribution in [3.63, 3.8) is 0 Å². The number of hydrogen-bond acceptors (Lipinski definition) is 2. The van der Waals surface area contributed by atoms with E-state index in [1.54, 1.807) is 11.8 Å². The van der Waals surface area contributed by atoms with Gasteiger partial charge in [0, 0.05) is 21.7 Å². The molecule has 0 amide bonds. The van der Waals surface area contributed by atoms with E-state index in [9.17, 15) is 4.39 Å². The van der Waals surface area contributed by atoms with Gasteiger partial charge in [0.05, 0.1) is 0 Å². The molecule has 0 aliphatic carbocycles. The maximum absolute atomic E-state index is 12.8. The van der Waals surface area contributed by atoms with Crippen LogP contribution < -0.4 is 5.32 Å². The molecule has 0 fully saturated rings. The molecule has 4 heteroatoms. The molecule has 20 heavy (non-hydrogen) atoms. The minimum absolute atomic E-state index is 0.194. The van der Waals surface area contributed by atoms with Gasteiger partial charge < -0.3 is 5.32 Å². The van der Waals surface area contributed by atoms with Crippen LogP contribution in [0, 0.1) is 5.82 Å². The topological polar surface area (TPSA) is 12.0 Å². The molecule has 0 radical (unpaired) electrons. The van der Waals surface area contributed by atoms with Gasteiger partial charge in [-0.25, -0.2) is 4.39 Å². The number of hydrogen-bond donors (Lipinski definition) is 1. The number of rotatable bonds is 6. The number of nitrogens with one attached hydrogen (secondary N) is 1. The van der Waals surface area contributed by atoms with Gasteiger partial charge >= 0.3 is 0 Å². The Morgan fingerprint density at radius 3 is 2.35 bits per heavy atom. The molecule has 1 atom stereocenters. The summed E-state index contributed by atoms with van der Waals surface area (Å²) in [6.45, 7) is 0. The van der Waals surface area contributed by atoms with E-state index >= 15 is 0 Å². The average Bonchev–Trinajstić information content (AvgIpc) is 2.47. The fraction of sp³-hybridized carbons (Fsp3) is 0.250. The zero-order chi connectivity index (χ0) is 14.4. The summed E-state index contributed by atoms with van der Waals surface area (Å²) in [5.41, 5.74) is 1.26. The van der Waals surface area contributed by atoms with Gasteiger partial charge in [-0.2, -0.15) is 0 Å². The fourth-order valence-corrected chi connectivity index (χ4v) is 3.01. The highest BCUT2D eigenvalue weighted by Crippen LogP contribution is 2.20. The lowest BCUT2D eigenvalue weighted by Gasteiger charge is -2.16. The highest BCUT2D eigenvalue weighted by Gasteiger charge is 2.08. The third kappa shape index (κ3) is 4.82. The molecule has 1 unspecified atom stereocenters. The Balaban J connectivity index is 1.88. The third-order valence-corrected chi connectivity index (χ3v) is 4.49. The van der Waals surface area contributed by atoms with Gasteiger partial charge in [0.15, 0.2) is 0 Å². The Morgan fingerprint density at radius 2 is 1.75 bits per heavy atom. The van der Waals surface area contributed by atoms with Gasteiger partial charge in [0.2, 0.25) is 0 Å². The highest BCUT2D eigenvalue weighted by atomic mass is 35.5. The van der Waals surface area contributed by atoms with Crippen molar-refractivity contribution in [3.8, 4) is 0 Å². The first-order valence-electron chi connectivity index (χ1n) is 6.47. The smallest absolute Gasteiger partial charge is 0.123 e. The van der Waals surface area contributed by atoms with Crippen molar-refractivity contribution < 1.29 is 4.39 Å². The van der Waals surface area contributed by atoms with Gasteiger partial charge in [-0.1, -0.05) is 23.7 Å². The molecule has 0 saturated carbocycles. The van der Waals surface area contributed by atoms with Crippen molar-refractivity contribution in [1.29, 1.82) is 0 Å². The molecule has 106 valence electrons. The minimum Gasteiger partial charge on any atom is -0.316 e. The molecule has 2 aromatic rings. The lowest BCUT2D eigenvalue weighted by molar-refractivity contribution is 0.617. The van der Waals surface area contributed by atoms with E-state index in [1.165, 1.54) is 17.7 Å². The highest BCUT2D eigenvalue weighted by molar-refractivity contribution is 7.99. The van der Waals surface area contributed by atoms with Gasteiger partial charge in [-0.05, 0) is 55.4 Å². The summed E-state index contributed by atoms with van der Waals surface area (Å²) in [5, 5.41) is 4.08. The largest absolute Gasteiger partial charge is 0.316 e. The number of likely N-dealkylation sites (N-methyl/N-ethyl adjacent to an activating group) is 1. The Bertz CT molecular complexity index is 527. The average molecular weight is 310 g/mol.